The van der Waals surface area contributed by atoms with Gasteiger partial charge in [0.05, 0.1) is 0 Å². The maximum Gasteiger partial charge on any atom is 0.412 e. The molecule has 0 spiro atoms. The Morgan fingerprint density at radius 1 is 1.58 bits per heavy atom. The highest BCUT2D eigenvalue weighted by Gasteiger charge is 2.22. The maximum absolute atomic E-state index is 11.4. The summed E-state index contributed by atoms with van der Waals surface area (Å²) in [4.78, 5) is 11.4. The lowest BCUT2D eigenvalue weighted by Gasteiger charge is -2.13. The van der Waals surface area contributed by atoms with Gasteiger partial charge in [-0.15, -0.1) is 6.58 Å². The topological polar surface area (TPSA) is 50.4 Å². The first kappa shape index (κ1) is 13.6. The van der Waals surface area contributed by atoms with Gasteiger partial charge in [0.2, 0.25) is 0 Å². The van der Waals surface area contributed by atoms with Crippen molar-refractivity contribution in [1.29, 1.82) is 0 Å². The number of aryl methyl sites for hydroxylation is 1. The van der Waals surface area contributed by atoms with Crippen molar-refractivity contribution < 1.29 is 9.53 Å². The molecule has 2 N–H and O–H groups in total. The van der Waals surface area contributed by atoms with Gasteiger partial charge in [0.1, 0.15) is 5.75 Å². The van der Waals surface area contributed by atoms with Crippen LogP contribution in [0.4, 0.5) is 4.79 Å². The molecule has 1 unspecified atom stereocenters. The molecule has 0 bridgehead atoms. The minimum absolute atomic E-state index is 0.325. The van der Waals surface area contributed by atoms with Crippen LogP contribution in [0, 0.1) is 0 Å². The summed E-state index contributed by atoms with van der Waals surface area (Å²) in [5.74, 6) is 0.594. The second-order valence-electron chi connectivity index (χ2n) is 4.57. The first-order valence-electron chi connectivity index (χ1n) is 6.67. The number of hydrogen-bond acceptors (Lipinski definition) is 3. The largest absolute Gasteiger partial charge is 0.412 e. The number of rotatable bonds is 5. The average molecular weight is 260 g/mol. The summed E-state index contributed by atoms with van der Waals surface area (Å²) in [6, 6.07) is 6.17. The summed E-state index contributed by atoms with van der Waals surface area (Å²) < 4.78 is 5.23. The number of benzene rings is 1. The van der Waals surface area contributed by atoms with Gasteiger partial charge in [0.15, 0.2) is 0 Å². The number of fused-ring (bicyclic) bond motifs is 1. The number of nitrogens with one attached hydrogen (secondary N) is 2. The van der Waals surface area contributed by atoms with E-state index in [2.05, 4.69) is 17.2 Å². The Kier molecular flexibility index (Phi) is 4.58. The number of hydrogen-bond donors (Lipinski definition) is 2. The molecule has 19 heavy (non-hydrogen) atoms. The third-order valence-corrected chi connectivity index (χ3v) is 3.24. The first-order chi connectivity index (χ1) is 9.24. The Labute approximate surface area is 113 Å². The molecule has 102 valence electrons. The van der Waals surface area contributed by atoms with Gasteiger partial charge in [-0.3, -0.25) is 0 Å². The van der Waals surface area contributed by atoms with Gasteiger partial charge in [0.25, 0.3) is 0 Å². The summed E-state index contributed by atoms with van der Waals surface area (Å²) in [6.45, 7) is 6.92. The standard InChI is InChI=1S/C15H20N2O2/c1-3-9-17-14-8-6-11-5-7-12(10-13(11)14)19-15(18)16-4-2/h3,5,7,10,14,17H,1,4,6,8-9H2,2H3,(H,16,18). The third-order valence-electron chi connectivity index (χ3n) is 3.24. The van der Waals surface area contributed by atoms with Crippen LogP contribution >= 0.6 is 0 Å². The Hall–Kier alpha value is -1.81. The van der Waals surface area contributed by atoms with Crippen LogP contribution in [-0.4, -0.2) is 19.2 Å². The van der Waals surface area contributed by atoms with E-state index in [1.807, 2.05) is 31.2 Å². The van der Waals surface area contributed by atoms with Crippen molar-refractivity contribution in [1.82, 2.24) is 10.6 Å². The van der Waals surface area contributed by atoms with Crippen molar-refractivity contribution in [3.8, 4) is 5.75 Å². The van der Waals surface area contributed by atoms with Crippen molar-refractivity contribution in [2.45, 2.75) is 25.8 Å². The molecular formula is C15H20N2O2. The zero-order valence-corrected chi connectivity index (χ0v) is 11.2. The van der Waals surface area contributed by atoms with E-state index >= 15 is 0 Å². The SMILES string of the molecule is C=CCNC1CCc2ccc(OC(=O)NCC)cc21. The average Bonchev–Trinajstić information content (AvgIpc) is 2.79. The Bertz CT molecular complexity index is 471. The lowest BCUT2D eigenvalue weighted by molar-refractivity contribution is 0.201. The number of ether oxygens (including phenoxy) is 1. The summed E-state index contributed by atoms with van der Waals surface area (Å²) in [5, 5.41) is 6.04. The fourth-order valence-electron chi connectivity index (χ4n) is 2.37. The fourth-order valence-corrected chi connectivity index (χ4v) is 2.37. The highest BCUT2D eigenvalue weighted by atomic mass is 16.5. The van der Waals surface area contributed by atoms with Crippen molar-refractivity contribution in [2.24, 2.45) is 0 Å². The summed E-state index contributed by atoms with van der Waals surface area (Å²) in [6.07, 6.45) is 3.59. The van der Waals surface area contributed by atoms with Crippen LogP contribution in [-0.2, 0) is 6.42 Å². The smallest absolute Gasteiger partial charge is 0.410 e. The first-order valence-corrected chi connectivity index (χ1v) is 6.67. The van der Waals surface area contributed by atoms with Crippen LogP contribution in [0.5, 0.6) is 5.75 Å². The lowest BCUT2D eigenvalue weighted by Crippen LogP contribution is -2.26. The molecule has 0 aromatic heterocycles. The Balaban J connectivity index is 2.09. The van der Waals surface area contributed by atoms with Crippen LogP contribution in [0.2, 0.25) is 0 Å². The predicted molar refractivity (Wildman–Crippen MR) is 75.4 cm³/mol. The van der Waals surface area contributed by atoms with Gasteiger partial charge in [-0.2, -0.15) is 0 Å². The molecule has 0 saturated heterocycles. The van der Waals surface area contributed by atoms with E-state index in [0.717, 1.165) is 19.4 Å². The third kappa shape index (κ3) is 3.35. The molecule has 1 atom stereocenters. The molecule has 1 aliphatic rings. The van der Waals surface area contributed by atoms with Crippen molar-refractivity contribution >= 4 is 6.09 Å². The summed E-state index contributed by atoms with van der Waals surface area (Å²) >= 11 is 0. The van der Waals surface area contributed by atoms with E-state index in [0.29, 0.717) is 18.3 Å². The number of carbonyl (C=O) groups is 1. The Morgan fingerprint density at radius 3 is 3.16 bits per heavy atom. The normalized spacial score (nSPS) is 16.8. The van der Waals surface area contributed by atoms with Crippen molar-refractivity contribution in [3.05, 3.63) is 42.0 Å². The van der Waals surface area contributed by atoms with Crippen molar-refractivity contribution in [3.63, 3.8) is 0 Å². The maximum atomic E-state index is 11.4. The predicted octanol–water partition coefficient (Wildman–Crippen LogP) is 2.56. The van der Waals surface area contributed by atoms with E-state index in [9.17, 15) is 4.79 Å². The second-order valence-corrected chi connectivity index (χ2v) is 4.57. The van der Waals surface area contributed by atoms with E-state index in [1.165, 1.54) is 11.1 Å². The molecule has 0 heterocycles. The summed E-state index contributed by atoms with van der Waals surface area (Å²) in [7, 11) is 0. The highest BCUT2D eigenvalue weighted by molar-refractivity contribution is 5.70. The molecule has 0 saturated carbocycles. The van der Waals surface area contributed by atoms with Gasteiger partial charge in [-0.1, -0.05) is 12.1 Å². The van der Waals surface area contributed by atoms with Crippen LogP contribution in [0.1, 0.15) is 30.5 Å². The molecule has 0 radical (unpaired) electrons. The molecule has 4 heteroatoms. The minimum atomic E-state index is -0.406. The molecule has 4 nitrogen and oxygen atoms in total. The fraction of sp³-hybridized carbons (Fsp3) is 0.400. The van der Waals surface area contributed by atoms with Gasteiger partial charge >= 0.3 is 6.09 Å². The summed E-state index contributed by atoms with van der Waals surface area (Å²) in [5.41, 5.74) is 2.55. The monoisotopic (exact) mass is 260 g/mol. The zero-order chi connectivity index (χ0) is 13.7. The molecule has 1 amide bonds. The quantitative estimate of drug-likeness (QED) is 0.800. The van der Waals surface area contributed by atoms with Gasteiger partial charge in [0, 0.05) is 19.1 Å². The second kappa shape index (κ2) is 6.38. The molecule has 0 aliphatic heterocycles. The van der Waals surface area contributed by atoms with Crippen molar-refractivity contribution in [2.75, 3.05) is 13.1 Å². The molecule has 1 aromatic rings. The van der Waals surface area contributed by atoms with Crippen LogP contribution in [0.15, 0.2) is 30.9 Å². The molecular weight excluding hydrogens is 240 g/mol. The highest BCUT2D eigenvalue weighted by Crippen LogP contribution is 2.33. The van der Waals surface area contributed by atoms with E-state index in [4.69, 9.17) is 4.74 Å². The van der Waals surface area contributed by atoms with Gasteiger partial charge in [-0.05, 0) is 43.0 Å². The molecule has 1 aliphatic carbocycles. The van der Waals surface area contributed by atoms with Gasteiger partial charge < -0.3 is 15.4 Å². The molecule has 1 aromatic carbocycles. The van der Waals surface area contributed by atoms with Crippen LogP contribution in [0.3, 0.4) is 0 Å². The molecule has 2 rings (SSSR count). The minimum Gasteiger partial charge on any atom is -0.410 e. The van der Waals surface area contributed by atoms with Crippen LogP contribution in [0.25, 0.3) is 0 Å². The zero-order valence-electron chi connectivity index (χ0n) is 11.2. The van der Waals surface area contributed by atoms with E-state index in [1.54, 1.807) is 0 Å². The number of amides is 1. The lowest BCUT2D eigenvalue weighted by atomic mass is 10.1. The number of carbonyl (C=O) groups excluding carboxylic acids is 1. The van der Waals surface area contributed by atoms with E-state index in [-0.39, 0.29) is 0 Å². The van der Waals surface area contributed by atoms with Crippen LogP contribution < -0.4 is 15.4 Å². The Morgan fingerprint density at radius 2 is 2.42 bits per heavy atom. The molecule has 0 fully saturated rings. The van der Waals surface area contributed by atoms with E-state index < -0.39 is 6.09 Å². The van der Waals surface area contributed by atoms with Gasteiger partial charge in [-0.25, -0.2) is 4.79 Å².